The number of aromatic nitrogens is 1. The summed E-state index contributed by atoms with van der Waals surface area (Å²) in [5.41, 5.74) is 0.888. The molecule has 1 amide bonds. The Morgan fingerprint density at radius 2 is 2.13 bits per heavy atom. The Balaban J connectivity index is 1.65. The Morgan fingerprint density at radius 1 is 1.26 bits per heavy atom. The highest BCUT2D eigenvalue weighted by Gasteiger charge is 2.29. The lowest BCUT2D eigenvalue weighted by atomic mass is 10.1. The second-order valence-electron chi connectivity index (χ2n) is 5.93. The van der Waals surface area contributed by atoms with Crippen LogP contribution < -0.4 is 4.90 Å². The standard InChI is InChI=1S/C16H21N3O4/c20-15(12-3-9-23-11-12)19-6-1-5-18(7-8-19)13-2-4-17-14(10-13)16(21)22/h2,4,10,12H,1,3,5-9,11H2,(H,21,22). The molecule has 23 heavy (non-hydrogen) atoms. The fraction of sp³-hybridized carbons (Fsp3) is 0.562. The molecule has 2 aliphatic rings. The first-order valence-corrected chi connectivity index (χ1v) is 7.96. The third-order valence-corrected chi connectivity index (χ3v) is 4.41. The average Bonchev–Trinajstić information content (AvgIpc) is 2.99. The Labute approximate surface area is 134 Å². The van der Waals surface area contributed by atoms with Crippen LogP contribution in [0.3, 0.4) is 0 Å². The molecule has 7 nitrogen and oxygen atoms in total. The summed E-state index contributed by atoms with van der Waals surface area (Å²) < 4.78 is 5.31. The van der Waals surface area contributed by atoms with Gasteiger partial charge >= 0.3 is 5.97 Å². The number of carbonyl (C=O) groups is 2. The van der Waals surface area contributed by atoms with Crippen molar-refractivity contribution in [3.63, 3.8) is 0 Å². The molecule has 2 aliphatic heterocycles. The van der Waals surface area contributed by atoms with Gasteiger partial charge < -0.3 is 19.6 Å². The molecule has 1 aromatic heterocycles. The van der Waals surface area contributed by atoms with E-state index in [1.807, 2.05) is 11.0 Å². The SMILES string of the molecule is O=C(O)c1cc(N2CCCN(C(=O)C3CCOC3)CC2)ccn1. The van der Waals surface area contributed by atoms with Gasteiger partial charge in [-0.2, -0.15) is 0 Å². The van der Waals surface area contributed by atoms with Crippen LogP contribution in [0.15, 0.2) is 18.3 Å². The van der Waals surface area contributed by atoms with Crippen molar-refractivity contribution in [2.75, 3.05) is 44.3 Å². The fourth-order valence-electron chi connectivity index (χ4n) is 3.12. The smallest absolute Gasteiger partial charge is 0.354 e. The van der Waals surface area contributed by atoms with Crippen LogP contribution in [-0.2, 0) is 9.53 Å². The highest BCUT2D eigenvalue weighted by atomic mass is 16.5. The lowest BCUT2D eigenvalue weighted by molar-refractivity contribution is -0.135. The number of carbonyl (C=O) groups excluding carboxylic acids is 1. The van der Waals surface area contributed by atoms with Gasteiger partial charge in [-0.1, -0.05) is 0 Å². The van der Waals surface area contributed by atoms with Crippen molar-refractivity contribution in [2.45, 2.75) is 12.8 Å². The number of rotatable bonds is 3. The van der Waals surface area contributed by atoms with Crippen LogP contribution >= 0.6 is 0 Å². The predicted molar refractivity (Wildman–Crippen MR) is 83.5 cm³/mol. The number of hydrogen-bond donors (Lipinski definition) is 1. The van der Waals surface area contributed by atoms with Crippen LogP contribution in [0.5, 0.6) is 0 Å². The largest absolute Gasteiger partial charge is 0.477 e. The van der Waals surface area contributed by atoms with Gasteiger partial charge in [0.05, 0.1) is 12.5 Å². The van der Waals surface area contributed by atoms with Crippen molar-refractivity contribution in [2.24, 2.45) is 5.92 Å². The van der Waals surface area contributed by atoms with Gasteiger partial charge in [0.15, 0.2) is 0 Å². The van der Waals surface area contributed by atoms with Gasteiger partial charge in [-0.25, -0.2) is 9.78 Å². The van der Waals surface area contributed by atoms with Crippen LogP contribution in [0.25, 0.3) is 0 Å². The first-order chi connectivity index (χ1) is 11.1. The van der Waals surface area contributed by atoms with E-state index in [0.29, 0.717) is 26.3 Å². The third kappa shape index (κ3) is 3.61. The summed E-state index contributed by atoms with van der Waals surface area (Å²) in [6.07, 6.45) is 3.19. The van der Waals surface area contributed by atoms with Crippen LogP contribution in [0.2, 0.25) is 0 Å². The molecular formula is C16H21N3O4. The minimum Gasteiger partial charge on any atom is -0.477 e. The van der Waals surface area contributed by atoms with Crippen LogP contribution in [-0.4, -0.2) is 66.3 Å². The molecule has 3 heterocycles. The van der Waals surface area contributed by atoms with E-state index in [2.05, 4.69) is 9.88 Å². The maximum atomic E-state index is 12.5. The van der Waals surface area contributed by atoms with E-state index in [-0.39, 0.29) is 17.5 Å². The van der Waals surface area contributed by atoms with Gasteiger partial charge in [-0.05, 0) is 25.0 Å². The van der Waals surface area contributed by atoms with Gasteiger partial charge in [-0.3, -0.25) is 4.79 Å². The summed E-state index contributed by atoms with van der Waals surface area (Å²) in [6, 6.07) is 3.40. The number of anilines is 1. The summed E-state index contributed by atoms with van der Waals surface area (Å²) in [6.45, 7) is 4.09. The molecule has 2 fully saturated rings. The van der Waals surface area contributed by atoms with Crippen molar-refractivity contribution < 1.29 is 19.4 Å². The van der Waals surface area contributed by atoms with Gasteiger partial charge in [0.25, 0.3) is 0 Å². The van der Waals surface area contributed by atoms with E-state index in [1.54, 1.807) is 6.07 Å². The molecule has 0 spiro atoms. The van der Waals surface area contributed by atoms with Gasteiger partial charge in [0, 0.05) is 44.7 Å². The number of nitrogens with zero attached hydrogens (tertiary/aromatic N) is 3. The molecule has 1 aromatic rings. The minimum atomic E-state index is -1.03. The van der Waals surface area contributed by atoms with Crippen molar-refractivity contribution >= 4 is 17.6 Å². The summed E-state index contributed by atoms with van der Waals surface area (Å²) in [5, 5.41) is 9.05. The van der Waals surface area contributed by atoms with Crippen molar-refractivity contribution in [3.05, 3.63) is 24.0 Å². The van der Waals surface area contributed by atoms with E-state index >= 15 is 0 Å². The van der Waals surface area contributed by atoms with Gasteiger partial charge in [0.1, 0.15) is 5.69 Å². The summed E-state index contributed by atoms with van der Waals surface area (Å²) in [4.78, 5) is 31.4. The number of hydrogen-bond acceptors (Lipinski definition) is 5. The van der Waals surface area contributed by atoms with E-state index < -0.39 is 5.97 Å². The first-order valence-electron chi connectivity index (χ1n) is 7.96. The zero-order chi connectivity index (χ0) is 16.2. The maximum absolute atomic E-state index is 12.5. The lowest BCUT2D eigenvalue weighted by Gasteiger charge is -2.25. The molecule has 3 rings (SSSR count). The second kappa shape index (κ2) is 6.95. The van der Waals surface area contributed by atoms with Crippen molar-refractivity contribution in [1.82, 2.24) is 9.88 Å². The average molecular weight is 319 g/mol. The molecule has 124 valence electrons. The van der Waals surface area contributed by atoms with Crippen molar-refractivity contribution in [1.29, 1.82) is 0 Å². The highest BCUT2D eigenvalue weighted by molar-refractivity contribution is 5.86. The molecule has 1 atom stereocenters. The molecule has 2 saturated heterocycles. The topological polar surface area (TPSA) is 83.0 Å². The molecule has 1 N–H and O–H groups in total. The number of ether oxygens (including phenoxy) is 1. The van der Waals surface area contributed by atoms with Crippen LogP contribution in [0.4, 0.5) is 5.69 Å². The van der Waals surface area contributed by atoms with E-state index in [0.717, 1.165) is 31.6 Å². The van der Waals surface area contributed by atoms with E-state index in [4.69, 9.17) is 9.84 Å². The summed E-state index contributed by atoms with van der Waals surface area (Å²) in [5.74, 6) is -0.842. The molecule has 1 unspecified atom stereocenters. The second-order valence-corrected chi connectivity index (χ2v) is 5.93. The van der Waals surface area contributed by atoms with Crippen LogP contribution in [0, 0.1) is 5.92 Å². The third-order valence-electron chi connectivity index (χ3n) is 4.41. The quantitative estimate of drug-likeness (QED) is 0.889. The van der Waals surface area contributed by atoms with Crippen LogP contribution in [0.1, 0.15) is 23.3 Å². The Kier molecular flexibility index (Phi) is 4.76. The monoisotopic (exact) mass is 319 g/mol. The fourth-order valence-corrected chi connectivity index (χ4v) is 3.12. The number of pyridine rings is 1. The van der Waals surface area contributed by atoms with E-state index in [9.17, 15) is 9.59 Å². The summed E-state index contributed by atoms with van der Waals surface area (Å²) in [7, 11) is 0. The predicted octanol–water partition coefficient (Wildman–Crippen LogP) is 0.855. The summed E-state index contributed by atoms with van der Waals surface area (Å²) >= 11 is 0. The molecule has 7 heteroatoms. The molecule has 0 saturated carbocycles. The Hall–Kier alpha value is -2.15. The number of carboxylic acids is 1. The maximum Gasteiger partial charge on any atom is 0.354 e. The molecular weight excluding hydrogens is 298 g/mol. The molecule has 0 aliphatic carbocycles. The van der Waals surface area contributed by atoms with Gasteiger partial charge in [-0.15, -0.1) is 0 Å². The first kappa shape index (κ1) is 15.7. The molecule has 0 radical (unpaired) electrons. The lowest BCUT2D eigenvalue weighted by Crippen LogP contribution is -2.39. The normalized spacial score (nSPS) is 22.0. The highest BCUT2D eigenvalue weighted by Crippen LogP contribution is 2.20. The zero-order valence-electron chi connectivity index (χ0n) is 13.0. The van der Waals surface area contributed by atoms with Gasteiger partial charge in [0.2, 0.25) is 5.91 Å². The number of carboxylic acid groups (broad SMARTS) is 1. The molecule has 0 bridgehead atoms. The molecule has 0 aromatic carbocycles. The Morgan fingerprint density at radius 3 is 2.87 bits per heavy atom. The zero-order valence-corrected chi connectivity index (χ0v) is 13.0. The Bertz CT molecular complexity index is 586. The minimum absolute atomic E-state index is 0.00101. The van der Waals surface area contributed by atoms with E-state index in [1.165, 1.54) is 6.20 Å². The number of amides is 1. The van der Waals surface area contributed by atoms with Crippen molar-refractivity contribution in [3.8, 4) is 0 Å². The number of aromatic carboxylic acids is 1.